The van der Waals surface area contributed by atoms with Crippen molar-refractivity contribution in [1.82, 2.24) is 4.90 Å². The summed E-state index contributed by atoms with van der Waals surface area (Å²) >= 11 is 1.70. The minimum atomic E-state index is -4.61. The fraction of sp³-hybridized carbons (Fsp3) is 0.923. The summed E-state index contributed by atoms with van der Waals surface area (Å²) in [6, 6.07) is 0. The van der Waals surface area contributed by atoms with Gasteiger partial charge in [0.25, 0.3) is 0 Å². The maximum absolute atomic E-state index is 12.6. The van der Waals surface area contributed by atoms with Gasteiger partial charge in [0.15, 0.2) is 5.60 Å². The number of rotatable bonds is 6. The van der Waals surface area contributed by atoms with Crippen molar-refractivity contribution in [3.63, 3.8) is 0 Å². The van der Waals surface area contributed by atoms with Gasteiger partial charge in [0.05, 0.1) is 0 Å². The van der Waals surface area contributed by atoms with Crippen molar-refractivity contribution in [2.75, 3.05) is 24.6 Å². The molecule has 118 valence electrons. The lowest BCUT2D eigenvalue weighted by Gasteiger charge is -2.39. The van der Waals surface area contributed by atoms with Gasteiger partial charge in [0.1, 0.15) is 0 Å². The Labute approximate surface area is 121 Å². The Balaban J connectivity index is 2.29. The lowest BCUT2D eigenvalue weighted by molar-refractivity contribution is -0.272. The Kier molecular flexibility index (Phi) is 6.64. The summed E-state index contributed by atoms with van der Waals surface area (Å²) in [5, 5.41) is 9.51. The molecule has 1 saturated heterocycles. The standard InChI is InChI=1S/C13H22F3NO2S/c1-2-3-9-20-10-4-11(18)17-7-5-12(19,6-8-17)13(14,15)16/h19H,2-10H2,1H3. The predicted molar refractivity (Wildman–Crippen MR) is 73.7 cm³/mol. The highest BCUT2D eigenvalue weighted by molar-refractivity contribution is 7.99. The second-order valence-electron chi connectivity index (χ2n) is 5.13. The molecule has 0 radical (unpaired) electrons. The van der Waals surface area contributed by atoms with E-state index in [0.29, 0.717) is 12.2 Å². The van der Waals surface area contributed by atoms with Crippen LogP contribution in [-0.2, 0) is 4.79 Å². The molecule has 1 aliphatic rings. The molecule has 1 N–H and O–H groups in total. The number of halogens is 3. The summed E-state index contributed by atoms with van der Waals surface area (Å²) in [6.07, 6.45) is -2.88. The van der Waals surface area contributed by atoms with Crippen LogP contribution in [0.4, 0.5) is 13.2 Å². The Morgan fingerprint density at radius 2 is 1.90 bits per heavy atom. The Bertz CT molecular complexity index is 315. The van der Waals surface area contributed by atoms with Crippen molar-refractivity contribution in [3.05, 3.63) is 0 Å². The van der Waals surface area contributed by atoms with Crippen molar-refractivity contribution >= 4 is 17.7 Å². The highest BCUT2D eigenvalue weighted by atomic mass is 32.2. The first-order valence-corrected chi connectivity index (χ1v) is 8.10. The van der Waals surface area contributed by atoms with Gasteiger partial charge in [-0.3, -0.25) is 4.79 Å². The zero-order valence-corrected chi connectivity index (χ0v) is 12.5. The third-order valence-electron chi connectivity index (χ3n) is 3.57. The number of amides is 1. The molecule has 0 aromatic carbocycles. The lowest BCUT2D eigenvalue weighted by atomic mass is 9.90. The number of nitrogens with zero attached hydrogens (tertiary/aromatic N) is 1. The molecule has 1 amide bonds. The van der Waals surface area contributed by atoms with E-state index in [1.807, 2.05) is 0 Å². The van der Waals surface area contributed by atoms with Crippen LogP contribution < -0.4 is 0 Å². The largest absolute Gasteiger partial charge is 0.417 e. The maximum atomic E-state index is 12.6. The van der Waals surface area contributed by atoms with Crippen LogP contribution in [0, 0.1) is 0 Å². The van der Waals surface area contributed by atoms with Crippen molar-refractivity contribution in [3.8, 4) is 0 Å². The molecule has 0 atom stereocenters. The number of unbranched alkanes of at least 4 members (excludes halogenated alkanes) is 1. The molecule has 0 unspecified atom stereocenters. The molecule has 7 heteroatoms. The number of hydrogen-bond donors (Lipinski definition) is 1. The number of aliphatic hydroxyl groups is 1. The van der Waals surface area contributed by atoms with Crippen LogP contribution in [-0.4, -0.2) is 52.3 Å². The monoisotopic (exact) mass is 313 g/mol. The molecule has 1 rings (SSSR count). The Morgan fingerprint density at radius 1 is 1.30 bits per heavy atom. The van der Waals surface area contributed by atoms with Gasteiger partial charge in [-0.25, -0.2) is 0 Å². The van der Waals surface area contributed by atoms with E-state index in [-0.39, 0.29) is 19.0 Å². The van der Waals surface area contributed by atoms with Crippen LogP contribution in [0.2, 0.25) is 0 Å². The number of piperidine rings is 1. The molecular weight excluding hydrogens is 291 g/mol. The van der Waals surface area contributed by atoms with Gasteiger partial charge in [-0.15, -0.1) is 0 Å². The molecule has 0 aliphatic carbocycles. The number of alkyl halides is 3. The third-order valence-corrected chi connectivity index (χ3v) is 4.64. The van der Waals surface area contributed by atoms with Gasteiger partial charge in [0.2, 0.25) is 5.91 Å². The zero-order chi connectivity index (χ0) is 15.2. The van der Waals surface area contributed by atoms with Crippen LogP contribution >= 0.6 is 11.8 Å². The quantitative estimate of drug-likeness (QED) is 0.767. The molecule has 0 aromatic heterocycles. The number of thioether (sulfide) groups is 1. The third kappa shape index (κ3) is 4.84. The normalized spacial score (nSPS) is 19.1. The second-order valence-corrected chi connectivity index (χ2v) is 6.35. The van der Waals surface area contributed by atoms with Gasteiger partial charge in [-0.1, -0.05) is 13.3 Å². The van der Waals surface area contributed by atoms with Crippen molar-refractivity contribution < 1.29 is 23.1 Å². The summed E-state index contributed by atoms with van der Waals surface area (Å²) in [4.78, 5) is 13.3. The van der Waals surface area contributed by atoms with E-state index in [4.69, 9.17) is 0 Å². The van der Waals surface area contributed by atoms with E-state index in [1.165, 1.54) is 4.90 Å². The molecular formula is C13H22F3NO2S. The summed E-state index contributed by atoms with van der Waals surface area (Å²) in [5.74, 6) is 1.61. The highest BCUT2D eigenvalue weighted by Crippen LogP contribution is 2.38. The number of carbonyl (C=O) groups excluding carboxylic acids is 1. The first-order chi connectivity index (χ1) is 9.30. The SMILES string of the molecule is CCCCSCCC(=O)N1CCC(O)(C(F)(F)F)CC1. The average molecular weight is 313 g/mol. The predicted octanol–water partition coefficient (Wildman–Crippen LogP) is 2.83. The average Bonchev–Trinajstić information content (AvgIpc) is 2.38. The molecule has 20 heavy (non-hydrogen) atoms. The molecule has 1 fully saturated rings. The van der Waals surface area contributed by atoms with Gasteiger partial charge in [-0.2, -0.15) is 24.9 Å². The smallest absolute Gasteiger partial charge is 0.380 e. The van der Waals surface area contributed by atoms with Gasteiger partial charge < -0.3 is 10.0 Å². The first-order valence-electron chi connectivity index (χ1n) is 6.95. The van der Waals surface area contributed by atoms with Gasteiger partial charge >= 0.3 is 6.18 Å². The summed E-state index contributed by atoms with van der Waals surface area (Å²) in [5.41, 5.74) is -2.63. The molecule has 0 spiro atoms. The zero-order valence-electron chi connectivity index (χ0n) is 11.7. The van der Waals surface area contributed by atoms with E-state index < -0.39 is 24.6 Å². The molecule has 1 heterocycles. The fourth-order valence-electron chi connectivity index (χ4n) is 2.08. The minimum absolute atomic E-state index is 0.0194. The molecule has 0 bridgehead atoms. The van der Waals surface area contributed by atoms with Crippen LogP contribution in [0.3, 0.4) is 0 Å². The first kappa shape index (κ1) is 17.6. The summed E-state index contributed by atoms with van der Waals surface area (Å²) in [6.45, 7) is 2.06. The second kappa shape index (κ2) is 7.54. The van der Waals surface area contributed by atoms with Crippen molar-refractivity contribution in [1.29, 1.82) is 0 Å². The van der Waals surface area contributed by atoms with Crippen molar-refractivity contribution in [2.24, 2.45) is 0 Å². The number of hydrogen-bond acceptors (Lipinski definition) is 3. The van der Waals surface area contributed by atoms with E-state index >= 15 is 0 Å². The maximum Gasteiger partial charge on any atom is 0.417 e. The molecule has 3 nitrogen and oxygen atoms in total. The highest BCUT2D eigenvalue weighted by Gasteiger charge is 2.54. The Morgan fingerprint density at radius 3 is 2.40 bits per heavy atom. The van der Waals surface area contributed by atoms with Crippen LogP contribution in [0.1, 0.15) is 39.0 Å². The van der Waals surface area contributed by atoms with Crippen LogP contribution in [0.25, 0.3) is 0 Å². The Hall–Kier alpha value is -0.430. The van der Waals surface area contributed by atoms with Gasteiger partial charge in [-0.05, 0) is 12.2 Å². The van der Waals surface area contributed by atoms with E-state index in [1.54, 1.807) is 11.8 Å². The number of likely N-dealkylation sites (tertiary alicyclic amines) is 1. The van der Waals surface area contributed by atoms with Crippen LogP contribution in [0.15, 0.2) is 0 Å². The summed E-state index contributed by atoms with van der Waals surface area (Å²) in [7, 11) is 0. The fourth-order valence-corrected chi connectivity index (χ4v) is 3.09. The van der Waals surface area contributed by atoms with E-state index in [0.717, 1.165) is 18.6 Å². The molecule has 0 saturated carbocycles. The van der Waals surface area contributed by atoms with E-state index in [2.05, 4.69) is 6.92 Å². The summed E-state index contributed by atoms with van der Waals surface area (Å²) < 4.78 is 37.9. The molecule has 1 aliphatic heterocycles. The minimum Gasteiger partial charge on any atom is -0.380 e. The topological polar surface area (TPSA) is 40.5 Å². The number of carbonyl (C=O) groups is 1. The van der Waals surface area contributed by atoms with E-state index in [9.17, 15) is 23.1 Å². The van der Waals surface area contributed by atoms with Crippen molar-refractivity contribution in [2.45, 2.75) is 50.8 Å². The van der Waals surface area contributed by atoms with Crippen LogP contribution in [0.5, 0.6) is 0 Å². The molecule has 0 aromatic rings. The van der Waals surface area contributed by atoms with Gasteiger partial charge in [0, 0.05) is 38.1 Å². The lowest BCUT2D eigenvalue weighted by Crippen LogP contribution is -2.54.